The van der Waals surface area contributed by atoms with Gasteiger partial charge in [-0.2, -0.15) is 10.5 Å². The van der Waals surface area contributed by atoms with Gasteiger partial charge in [-0.05, 0) is 30.9 Å². The lowest BCUT2D eigenvalue weighted by molar-refractivity contribution is 0.532. The van der Waals surface area contributed by atoms with Gasteiger partial charge in [-0.25, -0.2) is 0 Å². The van der Waals surface area contributed by atoms with Gasteiger partial charge in [0.15, 0.2) is 5.41 Å². The second-order valence-electron chi connectivity index (χ2n) is 3.49. The van der Waals surface area contributed by atoms with Crippen molar-refractivity contribution in [2.45, 2.75) is 24.7 Å². The standard InChI is InChI=1S/C11H9N3/c12-7-11(8-13)5-1-3-9-4-2-6-14-10(9)11/h2,4,6H,1,3,5H2. The molecule has 0 bridgehead atoms. The first-order valence-corrected chi connectivity index (χ1v) is 4.59. The Morgan fingerprint density at radius 1 is 1.36 bits per heavy atom. The van der Waals surface area contributed by atoms with E-state index in [1.165, 1.54) is 0 Å². The Morgan fingerprint density at radius 2 is 2.14 bits per heavy atom. The van der Waals surface area contributed by atoms with Gasteiger partial charge in [0, 0.05) is 6.20 Å². The van der Waals surface area contributed by atoms with Crippen molar-refractivity contribution in [2.75, 3.05) is 0 Å². The van der Waals surface area contributed by atoms with Crippen LogP contribution in [0.15, 0.2) is 18.3 Å². The first-order valence-electron chi connectivity index (χ1n) is 4.59. The Morgan fingerprint density at radius 3 is 2.86 bits per heavy atom. The predicted octanol–water partition coefficient (Wildman–Crippen LogP) is 1.70. The van der Waals surface area contributed by atoms with Crippen LogP contribution in [-0.4, -0.2) is 4.98 Å². The molecule has 1 heterocycles. The van der Waals surface area contributed by atoms with Crippen LogP contribution in [0, 0.1) is 22.7 Å². The largest absolute Gasteiger partial charge is 0.258 e. The molecular formula is C11H9N3. The quantitative estimate of drug-likeness (QED) is 0.615. The summed E-state index contributed by atoms with van der Waals surface area (Å²) < 4.78 is 0. The van der Waals surface area contributed by atoms with Crippen molar-refractivity contribution in [1.82, 2.24) is 4.98 Å². The number of aromatic nitrogens is 1. The van der Waals surface area contributed by atoms with Crippen molar-refractivity contribution >= 4 is 0 Å². The summed E-state index contributed by atoms with van der Waals surface area (Å²) in [5.74, 6) is 0. The summed E-state index contributed by atoms with van der Waals surface area (Å²) in [4.78, 5) is 4.17. The third-order valence-corrected chi connectivity index (χ3v) is 2.68. The zero-order valence-electron chi connectivity index (χ0n) is 7.70. The van der Waals surface area contributed by atoms with Crippen molar-refractivity contribution < 1.29 is 0 Å². The summed E-state index contributed by atoms with van der Waals surface area (Å²) in [7, 11) is 0. The number of hydrogen-bond acceptors (Lipinski definition) is 3. The minimum absolute atomic E-state index is 0.601. The summed E-state index contributed by atoms with van der Waals surface area (Å²) in [5, 5.41) is 18.2. The van der Waals surface area contributed by atoms with E-state index in [4.69, 9.17) is 10.5 Å². The van der Waals surface area contributed by atoms with Gasteiger partial charge in [-0.15, -0.1) is 0 Å². The molecule has 0 spiro atoms. The summed E-state index contributed by atoms with van der Waals surface area (Å²) >= 11 is 0. The lowest BCUT2D eigenvalue weighted by atomic mass is 9.75. The summed E-state index contributed by atoms with van der Waals surface area (Å²) in [6, 6.07) is 8.00. The molecule has 3 heteroatoms. The molecule has 3 nitrogen and oxygen atoms in total. The molecule has 0 unspecified atom stereocenters. The molecule has 1 aliphatic rings. The van der Waals surface area contributed by atoms with Crippen LogP contribution in [0.25, 0.3) is 0 Å². The van der Waals surface area contributed by atoms with E-state index in [9.17, 15) is 0 Å². The normalized spacial score (nSPS) is 17.6. The maximum Gasteiger partial charge on any atom is 0.185 e. The highest BCUT2D eigenvalue weighted by molar-refractivity contribution is 5.42. The summed E-state index contributed by atoms with van der Waals surface area (Å²) in [6.45, 7) is 0. The number of hydrogen-bond donors (Lipinski definition) is 0. The maximum atomic E-state index is 9.08. The lowest BCUT2D eigenvalue weighted by Crippen LogP contribution is -2.28. The number of rotatable bonds is 0. The van der Waals surface area contributed by atoms with Crippen molar-refractivity contribution in [3.63, 3.8) is 0 Å². The average Bonchev–Trinajstić information content (AvgIpc) is 2.28. The van der Waals surface area contributed by atoms with E-state index < -0.39 is 5.41 Å². The van der Waals surface area contributed by atoms with Gasteiger partial charge in [-0.3, -0.25) is 4.98 Å². The van der Waals surface area contributed by atoms with E-state index >= 15 is 0 Å². The molecular weight excluding hydrogens is 174 g/mol. The fourth-order valence-electron chi connectivity index (χ4n) is 1.93. The van der Waals surface area contributed by atoms with Gasteiger partial charge in [-0.1, -0.05) is 6.07 Å². The summed E-state index contributed by atoms with van der Waals surface area (Å²) in [6.07, 6.45) is 4.06. The Labute approximate surface area is 82.6 Å². The number of aryl methyl sites for hydroxylation is 1. The second kappa shape index (κ2) is 3.12. The smallest absolute Gasteiger partial charge is 0.185 e. The maximum absolute atomic E-state index is 9.08. The van der Waals surface area contributed by atoms with Crippen LogP contribution in [0.1, 0.15) is 24.1 Å². The van der Waals surface area contributed by atoms with Gasteiger partial charge in [0.25, 0.3) is 0 Å². The molecule has 0 saturated carbocycles. The van der Waals surface area contributed by atoms with Gasteiger partial charge < -0.3 is 0 Å². The van der Waals surface area contributed by atoms with E-state index in [1.54, 1.807) is 6.20 Å². The lowest BCUT2D eigenvalue weighted by Gasteiger charge is -2.25. The predicted molar refractivity (Wildman–Crippen MR) is 50.1 cm³/mol. The number of nitrogens with zero attached hydrogens (tertiary/aromatic N) is 3. The molecule has 14 heavy (non-hydrogen) atoms. The van der Waals surface area contributed by atoms with Crippen molar-refractivity contribution in [3.05, 3.63) is 29.6 Å². The highest BCUT2D eigenvalue weighted by Crippen LogP contribution is 2.34. The van der Waals surface area contributed by atoms with Gasteiger partial charge in [0.05, 0.1) is 17.8 Å². The SMILES string of the molecule is N#CC1(C#N)CCCc2cccnc21. The first kappa shape index (κ1) is 8.72. The van der Waals surface area contributed by atoms with Crippen molar-refractivity contribution in [1.29, 1.82) is 10.5 Å². The van der Waals surface area contributed by atoms with Crippen LogP contribution in [0.2, 0.25) is 0 Å². The monoisotopic (exact) mass is 183 g/mol. The van der Waals surface area contributed by atoms with E-state index in [2.05, 4.69) is 17.1 Å². The number of fused-ring (bicyclic) bond motifs is 1. The zero-order valence-corrected chi connectivity index (χ0v) is 7.70. The molecule has 1 aliphatic carbocycles. The zero-order chi connectivity index (χ0) is 10.0. The highest BCUT2D eigenvalue weighted by atomic mass is 14.7. The summed E-state index contributed by atoms with van der Waals surface area (Å²) in [5.41, 5.74) is 0.701. The van der Waals surface area contributed by atoms with E-state index in [1.807, 2.05) is 12.1 Å². The number of pyridine rings is 1. The van der Waals surface area contributed by atoms with Crippen LogP contribution in [0.3, 0.4) is 0 Å². The van der Waals surface area contributed by atoms with Crippen LogP contribution in [0.5, 0.6) is 0 Å². The Kier molecular flexibility index (Phi) is 1.94. The third kappa shape index (κ3) is 1.07. The first-order chi connectivity index (χ1) is 6.82. The second-order valence-corrected chi connectivity index (χ2v) is 3.49. The minimum Gasteiger partial charge on any atom is -0.258 e. The molecule has 0 saturated heterocycles. The van der Waals surface area contributed by atoms with E-state index in [0.29, 0.717) is 12.1 Å². The van der Waals surface area contributed by atoms with Gasteiger partial charge in [0.2, 0.25) is 0 Å². The average molecular weight is 183 g/mol. The molecule has 0 N–H and O–H groups in total. The molecule has 0 fully saturated rings. The molecule has 0 aliphatic heterocycles. The minimum atomic E-state index is -1.01. The fourth-order valence-corrected chi connectivity index (χ4v) is 1.93. The Balaban J connectivity index is 2.63. The molecule has 1 aromatic rings. The van der Waals surface area contributed by atoms with E-state index in [0.717, 1.165) is 18.4 Å². The number of nitriles is 2. The molecule has 0 atom stereocenters. The molecule has 68 valence electrons. The van der Waals surface area contributed by atoms with Gasteiger partial charge >= 0.3 is 0 Å². The molecule has 1 aromatic heterocycles. The topological polar surface area (TPSA) is 60.5 Å². The van der Waals surface area contributed by atoms with Crippen molar-refractivity contribution in [2.24, 2.45) is 0 Å². The highest BCUT2D eigenvalue weighted by Gasteiger charge is 2.38. The Bertz CT molecular complexity index is 423. The molecule has 0 aromatic carbocycles. The third-order valence-electron chi connectivity index (χ3n) is 2.68. The Hall–Kier alpha value is -1.87. The van der Waals surface area contributed by atoms with Crippen molar-refractivity contribution in [3.8, 4) is 12.1 Å². The van der Waals surface area contributed by atoms with Crippen LogP contribution in [-0.2, 0) is 11.8 Å². The molecule has 0 radical (unpaired) electrons. The van der Waals surface area contributed by atoms with Crippen LogP contribution in [0.4, 0.5) is 0 Å². The van der Waals surface area contributed by atoms with E-state index in [-0.39, 0.29) is 0 Å². The van der Waals surface area contributed by atoms with Gasteiger partial charge in [0.1, 0.15) is 0 Å². The molecule has 0 amide bonds. The van der Waals surface area contributed by atoms with Crippen LogP contribution >= 0.6 is 0 Å². The van der Waals surface area contributed by atoms with Crippen LogP contribution < -0.4 is 0 Å². The fraction of sp³-hybridized carbons (Fsp3) is 0.364. The molecule has 2 rings (SSSR count).